The molecule has 0 heterocycles. The van der Waals surface area contributed by atoms with Crippen LogP contribution in [-0.4, -0.2) is 46.9 Å². The van der Waals surface area contributed by atoms with E-state index in [-0.39, 0.29) is 19.1 Å². The molecular formula is C7H15NO3S. The molecule has 1 amide bonds. The maximum Gasteiger partial charge on any atom is 0.230 e. The normalized spacial score (nSPS) is 11.3. The summed E-state index contributed by atoms with van der Waals surface area (Å²) >= 11 is 1.40. The number of carbonyl (C=O) groups is 1. The van der Waals surface area contributed by atoms with Gasteiger partial charge in [0.25, 0.3) is 0 Å². The van der Waals surface area contributed by atoms with Crippen LogP contribution in [0.15, 0.2) is 0 Å². The molecule has 0 aromatic rings. The van der Waals surface area contributed by atoms with E-state index in [4.69, 9.17) is 10.2 Å². The SMILES string of the molecule is CSCC(=O)NC(C)(CO)CO. The molecule has 0 fully saturated rings. The van der Waals surface area contributed by atoms with Gasteiger partial charge in [-0.25, -0.2) is 0 Å². The average molecular weight is 193 g/mol. The summed E-state index contributed by atoms with van der Waals surface area (Å²) in [4.78, 5) is 11.0. The predicted octanol–water partition coefficient (Wildman–Crippen LogP) is -0.791. The van der Waals surface area contributed by atoms with Crippen LogP contribution in [0.5, 0.6) is 0 Å². The Hall–Kier alpha value is -0.260. The summed E-state index contributed by atoms with van der Waals surface area (Å²) < 4.78 is 0. The number of amides is 1. The molecule has 0 saturated heterocycles. The van der Waals surface area contributed by atoms with Gasteiger partial charge >= 0.3 is 0 Å². The number of rotatable bonds is 5. The van der Waals surface area contributed by atoms with Crippen LogP contribution in [0.4, 0.5) is 0 Å². The fourth-order valence-electron chi connectivity index (χ4n) is 0.633. The topological polar surface area (TPSA) is 69.6 Å². The van der Waals surface area contributed by atoms with Gasteiger partial charge in [-0.1, -0.05) is 0 Å². The van der Waals surface area contributed by atoms with Crippen molar-refractivity contribution in [3.05, 3.63) is 0 Å². The van der Waals surface area contributed by atoms with E-state index >= 15 is 0 Å². The highest BCUT2D eigenvalue weighted by Crippen LogP contribution is 2.01. The molecule has 0 unspecified atom stereocenters. The van der Waals surface area contributed by atoms with Crippen molar-refractivity contribution in [2.45, 2.75) is 12.5 Å². The first kappa shape index (κ1) is 11.7. The van der Waals surface area contributed by atoms with Crippen LogP contribution in [-0.2, 0) is 4.79 Å². The highest BCUT2D eigenvalue weighted by atomic mass is 32.2. The molecule has 72 valence electrons. The van der Waals surface area contributed by atoms with Crippen molar-refractivity contribution in [2.75, 3.05) is 25.2 Å². The van der Waals surface area contributed by atoms with Crippen LogP contribution >= 0.6 is 11.8 Å². The standard InChI is InChI=1S/C7H15NO3S/c1-7(4-9,5-10)8-6(11)3-12-2/h9-10H,3-5H2,1-2H3,(H,8,11). The Morgan fingerprint density at radius 2 is 2.00 bits per heavy atom. The van der Waals surface area contributed by atoms with Crippen molar-refractivity contribution in [1.82, 2.24) is 5.32 Å². The third-order valence-corrected chi connectivity index (χ3v) is 1.97. The zero-order valence-electron chi connectivity index (χ0n) is 7.33. The zero-order valence-corrected chi connectivity index (χ0v) is 8.15. The van der Waals surface area contributed by atoms with E-state index in [0.29, 0.717) is 5.75 Å². The first-order chi connectivity index (χ1) is 5.58. The van der Waals surface area contributed by atoms with Crippen molar-refractivity contribution in [2.24, 2.45) is 0 Å². The summed E-state index contributed by atoms with van der Waals surface area (Å²) in [5.74, 6) is 0.170. The Labute approximate surface area is 76.4 Å². The lowest BCUT2D eigenvalue weighted by atomic mass is 10.1. The summed E-state index contributed by atoms with van der Waals surface area (Å²) in [6, 6.07) is 0. The van der Waals surface area contributed by atoms with Crippen LogP contribution in [0, 0.1) is 0 Å². The second-order valence-electron chi connectivity index (χ2n) is 2.86. The van der Waals surface area contributed by atoms with E-state index in [1.54, 1.807) is 6.92 Å². The predicted molar refractivity (Wildman–Crippen MR) is 49.1 cm³/mol. The molecule has 0 atom stereocenters. The van der Waals surface area contributed by atoms with E-state index in [0.717, 1.165) is 0 Å². The number of thioether (sulfide) groups is 1. The van der Waals surface area contributed by atoms with E-state index < -0.39 is 5.54 Å². The van der Waals surface area contributed by atoms with Gasteiger partial charge in [-0.15, -0.1) is 0 Å². The molecule has 0 radical (unpaired) electrons. The minimum atomic E-state index is -0.896. The van der Waals surface area contributed by atoms with Crippen LogP contribution in [0.25, 0.3) is 0 Å². The van der Waals surface area contributed by atoms with Crippen LogP contribution in [0.2, 0.25) is 0 Å². The Morgan fingerprint density at radius 3 is 2.33 bits per heavy atom. The van der Waals surface area contributed by atoms with Crippen LogP contribution in [0.1, 0.15) is 6.92 Å². The van der Waals surface area contributed by atoms with Crippen molar-refractivity contribution < 1.29 is 15.0 Å². The number of carbonyl (C=O) groups excluding carboxylic acids is 1. The third-order valence-electron chi connectivity index (χ3n) is 1.41. The van der Waals surface area contributed by atoms with E-state index in [9.17, 15) is 4.79 Å². The number of aliphatic hydroxyl groups is 2. The van der Waals surface area contributed by atoms with Gasteiger partial charge in [-0.2, -0.15) is 11.8 Å². The molecule has 0 aliphatic heterocycles. The summed E-state index contributed by atoms with van der Waals surface area (Å²) in [5.41, 5.74) is -0.896. The molecule has 0 bridgehead atoms. The first-order valence-electron chi connectivity index (χ1n) is 3.59. The molecule has 0 aliphatic rings. The quantitative estimate of drug-likeness (QED) is 0.535. The molecule has 0 aromatic carbocycles. The first-order valence-corrected chi connectivity index (χ1v) is 4.99. The van der Waals surface area contributed by atoms with Gasteiger partial charge in [0.05, 0.1) is 24.5 Å². The Balaban J connectivity index is 3.93. The van der Waals surface area contributed by atoms with Gasteiger partial charge in [0, 0.05) is 0 Å². The summed E-state index contributed by atoms with van der Waals surface area (Å²) in [7, 11) is 0. The lowest BCUT2D eigenvalue weighted by molar-refractivity contribution is -0.121. The largest absolute Gasteiger partial charge is 0.394 e. The van der Waals surface area contributed by atoms with E-state index in [2.05, 4.69) is 5.32 Å². The molecule has 0 aromatic heterocycles. The van der Waals surface area contributed by atoms with Crippen molar-refractivity contribution in [3.63, 3.8) is 0 Å². The van der Waals surface area contributed by atoms with Crippen LogP contribution in [0.3, 0.4) is 0 Å². The molecule has 5 heteroatoms. The number of hydrogen-bond acceptors (Lipinski definition) is 4. The minimum Gasteiger partial charge on any atom is -0.394 e. The number of hydrogen-bond donors (Lipinski definition) is 3. The zero-order chi connectivity index (χ0) is 9.61. The summed E-state index contributed by atoms with van der Waals surface area (Å²) in [5, 5.41) is 20.2. The molecule has 4 nitrogen and oxygen atoms in total. The molecule has 0 spiro atoms. The van der Waals surface area contributed by atoms with Gasteiger partial charge in [0.15, 0.2) is 0 Å². The number of aliphatic hydroxyl groups excluding tert-OH is 2. The monoisotopic (exact) mass is 193 g/mol. The summed E-state index contributed by atoms with van der Waals surface area (Å²) in [6.07, 6.45) is 1.81. The van der Waals surface area contributed by atoms with Crippen molar-refractivity contribution in [3.8, 4) is 0 Å². The van der Waals surface area contributed by atoms with E-state index in [1.807, 2.05) is 6.26 Å². The van der Waals surface area contributed by atoms with Gasteiger partial charge in [-0.05, 0) is 13.2 Å². The van der Waals surface area contributed by atoms with Gasteiger partial charge in [0.1, 0.15) is 0 Å². The van der Waals surface area contributed by atoms with Gasteiger partial charge in [-0.3, -0.25) is 4.79 Å². The Morgan fingerprint density at radius 1 is 1.50 bits per heavy atom. The molecule has 3 N–H and O–H groups in total. The second kappa shape index (κ2) is 5.40. The third kappa shape index (κ3) is 3.94. The maximum atomic E-state index is 11.0. The maximum absolute atomic E-state index is 11.0. The smallest absolute Gasteiger partial charge is 0.230 e. The second-order valence-corrected chi connectivity index (χ2v) is 3.72. The fraction of sp³-hybridized carbons (Fsp3) is 0.857. The highest BCUT2D eigenvalue weighted by Gasteiger charge is 2.23. The van der Waals surface area contributed by atoms with Gasteiger partial charge < -0.3 is 15.5 Å². The molecule has 0 rings (SSSR count). The lowest BCUT2D eigenvalue weighted by Crippen LogP contribution is -2.52. The minimum absolute atomic E-state index is 0.173. The van der Waals surface area contributed by atoms with Crippen molar-refractivity contribution >= 4 is 17.7 Å². The van der Waals surface area contributed by atoms with E-state index in [1.165, 1.54) is 11.8 Å². The van der Waals surface area contributed by atoms with Crippen LogP contribution < -0.4 is 5.32 Å². The van der Waals surface area contributed by atoms with Gasteiger partial charge in [0.2, 0.25) is 5.91 Å². The van der Waals surface area contributed by atoms with Crippen molar-refractivity contribution in [1.29, 1.82) is 0 Å². The molecule has 0 saturated carbocycles. The molecule has 0 aliphatic carbocycles. The number of nitrogens with one attached hydrogen (secondary N) is 1. The lowest BCUT2D eigenvalue weighted by Gasteiger charge is -2.25. The Bertz CT molecular complexity index is 148. The fourth-order valence-corrected chi connectivity index (χ4v) is 0.967. The molecular weight excluding hydrogens is 178 g/mol. The molecule has 12 heavy (non-hydrogen) atoms. The average Bonchev–Trinajstić information content (AvgIpc) is 2.05. The Kier molecular flexibility index (Phi) is 5.28. The highest BCUT2D eigenvalue weighted by molar-refractivity contribution is 7.99. The summed E-state index contributed by atoms with van der Waals surface area (Å²) in [6.45, 7) is 1.07.